The summed E-state index contributed by atoms with van der Waals surface area (Å²) < 4.78 is 1.78. The monoisotopic (exact) mass is 400 g/mol. The van der Waals surface area contributed by atoms with E-state index >= 15 is 0 Å². The molecule has 2 aliphatic rings. The molecule has 150 valence electrons. The second kappa shape index (κ2) is 7.80. The molecule has 2 aromatic rings. The molecule has 1 atom stereocenters. The fourth-order valence-corrected chi connectivity index (χ4v) is 5.06. The third-order valence-corrected chi connectivity index (χ3v) is 6.49. The Hall–Kier alpha value is -1.98. The van der Waals surface area contributed by atoms with Gasteiger partial charge in [-0.2, -0.15) is 0 Å². The number of carbonyl (C=O) groups excluding carboxylic acids is 1. The molecule has 5 nitrogen and oxygen atoms in total. The lowest BCUT2D eigenvalue weighted by molar-refractivity contribution is 0.214. The van der Waals surface area contributed by atoms with Crippen LogP contribution >= 0.6 is 11.6 Å². The van der Waals surface area contributed by atoms with Gasteiger partial charge in [-0.05, 0) is 56.9 Å². The van der Waals surface area contributed by atoms with Crippen LogP contribution in [0.3, 0.4) is 0 Å². The highest BCUT2D eigenvalue weighted by Gasteiger charge is 2.35. The number of hydrogen-bond acceptors (Lipinski definition) is 2. The first-order chi connectivity index (χ1) is 13.6. The third-order valence-electron chi connectivity index (χ3n) is 6.09. The minimum atomic E-state index is -0.121. The normalized spacial score (nSPS) is 18.7. The van der Waals surface area contributed by atoms with Crippen LogP contribution in [0, 0.1) is 0 Å². The van der Waals surface area contributed by atoms with Crippen LogP contribution in [0.1, 0.15) is 44.7 Å². The van der Waals surface area contributed by atoms with Crippen molar-refractivity contribution in [1.82, 2.24) is 14.5 Å². The lowest BCUT2D eigenvalue weighted by atomic mass is 9.81. The van der Waals surface area contributed by atoms with Crippen molar-refractivity contribution < 1.29 is 4.79 Å². The van der Waals surface area contributed by atoms with Gasteiger partial charge in [0.1, 0.15) is 5.15 Å². The standard InChI is InChI=1S/C22H29ClN4O/c1-4-12-26-13-8-10-15-16-9-7-11-18-20(16)17(14-19(15)26)21(23)27(18)24-22(28)25(5-2)6-3/h7,9-11,19H,4-6,8,12-14H2,1-3H3,(H,24,28)/t19-/m1/s1. The summed E-state index contributed by atoms with van der Waals surface area (Å²) in [6, 6.07) is 6.57. The molecule has 0 saturated carbocycles. The maximum Gasteiger partial charge on any atom is 0.336 e. The molecule has 0 unspecified atom stereocenters. The molecule has 1 aromatic heterocycles. The third kappa shape index (κ3) is 3.01. The summed E-state index contributed by atoms with van der Waals surface area (Å²) in [4.78, 5) is 17.0. The predicted octanol–water partition coefficient (Wildman–Crippen LogP) is 4.72. The summed E-state index contributed by atoms with van der Waals surface area (Å²) in [5, 5.41) is 1.82. The zero-order chi connectivity index (χ0) is 19.8. The summed E-state index contributed by atoms with van der Waals surface area (Å²) >= 11 is 6.84. The minimum absolute atomic E-state index is 0.121. The molecule has 2 amide bonds. The molecular weight excluding hydrogens is 372 g/mol. The van der Waals surface area contributed by atoms with E-state index in [0.717, 1.165) is 43.4 Å². The van der Waals surface area contributed by atoms with Gasteiger partial charge in [-0.15, -0.1) is 0 Å². The van der Waals surface area contributed by atoms with E-state index < -0.39 is 0 Å². The molecule has 1 aliphatic heterocycles. The zero-order valence-electron chi connectivity index (χ0n) is 17.0. The highest BCUT2D eigenvalue weighted by atomic mass is 35.5. The zero-order valence-corrected chi connectivity index (χ0v) is 17.7. The first kappa shape index (κ1) is 19.3. The average molecular weight is 401 g/mol. The lowest BCUT2D eigenvalue weighted by Crippen LogP contribution is -2.42. The number of amides is 2. The second-order valence-corrected chi connectivity index (χ2v) is 7.96. The molecule has 0 spiro atoms. The molecule has 0 saturated heterocycles. The van der Waals surface area contributed by atoms with E-state index in [0.29, 0.717) is 24.3 Å². The highest BCUT2D eigenvalue weighted by Crippen LogP contribution is 2.44. The van der Waals surface area contributed by atoms with Crippen LogP contribution in [0.15, 0.2) is 24.3 Å². The molecule has 1 aromatic carbocycles. The molecule has 4 rings (SSSR count). The highest BCUT2D eigenvalue weighted by molar-refractivity contribution is 6.32. The van der Waals surface area contributed by atoms with E-state index in [1.54, 1.807) is 9.58 Å². The largest absolute Gasteiger partial charge is 0.336 e. The van der Waals surface area contributed by atoms with Crippen molar-refractivity contribution in [2.75, 3.05) is 31.6 Å². The number of nitrogens with one attached hydrogen (secondary N) is 1. The maximum atomic E-state index is 12.7. The number of halogens is 1. The van der Waals surface area contributed by atoms with Crippen LogP contribution in [0.25, 0.3) is 16.5 Å². The van der Waals surface area contributed by atoms with Crippen LogP contribution in [-0.2, 0) is 6.42 Å². The van der Waals surface area contributed by atoms with Crippen molar-refractivity contribution >= 4 is 34.1 Å². The van der Waals surface area contributed by atoms with Gasteiger partial charge in [-0.3, -0.25) is 4.90 Å². The SMILES string of the molecule is CCCN1CCC=C2c3cccc4c3c(c(Cl)n4NC(=O)N(CC)CC)C[C@H]21. The quantitative estimate of drug-likeness (QED) is 0.788. The van der Waals surface area contributed by atoms with Gasteiger partial charge in [0.2, 0.25) is 0 Å². The van der Waals surface area contributed by atoms with E-state index in [1.165, 1.54) is 16.5 Å². The van der Waals surface area contributed by atoms with Crippen LogP contribution < -0.4 is 5.43 Å². The van der Waals surface area contributed by atoms with Crippen LogP contribution in [0.4, 0.5) is 4.79 Å². The number of carbonyl (C=O) groups is 1. The van der Waals surface area contributed by atoms with Gasteiger partial charge < -0.3 is 4.90 Å². The van der Waals surface area contributed by atoms with Crippen molar-refractivity contribution in [2.45, 2.75) is 46.1 Å². The van der Waals surface area contributed by atoms with Crippen molar-refractivity contribution in [2.24, 2.45) is 0 Å². The summed E-state index contributed by atoms with van der Waals surface area (Å²) in [6.07, 6.45) is 5.53. The molecule has 0 fully saturated rings. The number of nitrogens with zero attached hydrogens (tertiary/aromatic N) is 3. The van der Waals surface area contributed by atoms with Crippen LogP contribution in [0.5, 0.6) is 0 Å². The van der Waals surface area contributed by atoms with E-state index in [4.69, 9.17) is 11.6 Å². The first-order valence-corrected chi connectivity index (χ1v) is 10.8. The molecule has 6 heteroatoms. The number of urea groups is 1. The molecule has 2 heterocycles. The Morgan fingerprint density at radius 1 is 1.29 bits per heavy atom. The summed E-state index contributed by atoms with van der Waals surface area (Å²) in [6.45, 7) is 9.73. The lowest BCUT2D eigenvalue weighted by Gasteiger charge is -2.39. The summed E-state index contributed by atoms with van der Waals surface area (Å²) in [5.41, 5.74) is 7.83. The van der Waals surface area contributed by atoms with Gasteiger partial charge in [0.05, 0.1) is 5.52 Å². The fourth-order valence-electron chi connectivity index (χ4n) is 4.75. The van der Waals surface area contributed by atoms with Gasteiger partial charge >= 0.3 is 6.03 Å². The van der Waals surface area contributed by atoms with Crippen molar-refractivity contribution in [3.63, 3.8) is 0 Å². The Kier molecular flexibility index (Phi) is 5.39. The Morgan fingerprint density at radius 2 is 2.07 bits per heavy atom. The Labute approximate surface area is 171 Å². The van der Waals surface area contributed by atoms with Gasteiger partial charge in [0.15, 0.2) is 0 Å². The van der Waals surface area contributed by atoms with Gasteiger partial charge in [0.25, 0.3) is 0 Å². The van der Waals surface area contributed by atoms with Crippen molar-refractivity contribution in [3.8, 4) is 0 Å². The Balaban J connectivity index is 1.80. The van der Waals surface area contributed by atoms with Gasteiger partial charge in [-0.1, -0.05) is 36.7 Å². The number of aromatic nitrogens is 1. The summed E-state index contributed by atoms with van der Waals surface area (Å²) in [5.74, 6) is 0. The van der Waals surface area contributed by atoms with E-state index in [2.05, 4.69) is 35.5 Å². The Bertz CT molecular complexity index is 928. The molecule has 0 bridgehead atoms. The van der Waals surface area contributed by atoms with Crippen LogP contribution in [-0.4, -0.2) is 52.7 Å². The molecular formula is C22H29ClN4O. The molecule has 28 heavy (non-hydrogen) atoms. The van der Waals surface area contributed by atoms with Crippen LogP contribution in [0.2, 0.25) is 5.15 Å². The Morgan fingerprint density at radius 3 is 2.79 bits per heavy atom. The van der Waals surface area contributed by atoms with E-state index in [-0.39, 0.29) is 6.03 Å². The minimum Gasteiger partial charge on any atom is -0.324 e. The number of benzene rings is 1. The fraction of sp³-hybridized carbons (Fsp3) is 0.500. The van der Waals surface area contributed by atoms with E-state index in [1.807, 2.05) is 19.9 Å². The number of hydrogen-bond donors (Lipinski definition) is 1. The average Bonchev–Trinajstić information content (AvgIpc) is 2.97. The first-order valence-electron chi connectivity index (χ1n) is 10.4. The van der Waals surface area contributed by atoms with Gasteiger partial charge in [-0.25, -0.2) is 14.9 Å². The van der Waals surface area contributed by atoms with Crippen molar-refractivity contribution in [1.29, 1.82) is 0 Å². The summed E-state index contributed by atoms with van der Waals surface area (Å²) in [7, 11) is 0. The molecule has 0 radical (unpaired) electrons. The molecule has 1 aliphatic carbocycles. The number of fused-ring (bicyclic) bond motifs is 2. The maximum absolute atomic E-state index is 12.7. The number of rotatable bonds is 5. The van der Waals surface area contributed by atoms with Gasteiger partial charge in [0, 0.05) is 36.6 Å². The van der Waals surface area contributed by atoms with Crippen molar-refractivity contribution in [3.05, 3.63) is 40.6 Å². The topological polar surface area (TPSA) is 40.5 Å². The smallest absolute Gasteiger partial charge is 0.324 e. The predicted molar refractivity (Wildman–Crippen MR) is 117 cm³/mol. The second-order valence-electron chi connectivity index (χ2n) is 7.60. The van der Waals surface area contributed by atoms with E-state index in [9.17, 15) is 4.79 Å². The molecule has 1 N–H and O–H groups in total.